The fourth-order valence-corrected chi connectivity index (χ4v) is 8.26. The highest BCUT2D eigenvalue weighted by Gasteiger charge is 2.56. The minimum absolute atomic E-state index is 0.219. The summed E-state index contributed by atoms with van der Waals surface area (Å²) in [5.41, 5.74) is 2.33. The molecule has 3 N–H and O–H groups in total. The molecule has 0 aromatic heterocycles. The molecule has 2 aromatic carbocycles. The molecule has 3 aliphatic carbocycles. The molecule has 43 heavy (non-hydrogen) atoms. The lowest BCUT2D eigenvalue weighted by Crippen LogP contribution is -2.63. The van der Waals surface area contributed by atoms with Crippen molar-refractivity contribution in [1.82, 2.24) is 20.4 Å². The number of aliphatic hydroxyl groups is 1. The molecule has 0 radical (unpaired) electrons. The monoisotopic (exact) mass is 625 g/mol. The molecule has 0 unspecified atom stereocenters. The summed E-state index contributed by atoms with van der Waals surface area (Å²) < 4.78 is 0. The molecule has 7 rings (SSSR count). The molecule has 8 nitrogen and oxygen atoms in total. The Morgan fingerprint density at radius 3 is 2.56 bits per heavy atom. The average Bonchev–Trinajstić information content (AvgIpc) is 3.21. The first-order valence-electron chi connectivity index (χ1n) is 15.4. The second-order valence-electron chi connectivity index (χ2n) is 13.4. The number of carbonyl (C=O) groups excluding carboxylic acids is 2. The lowest BCUT2D eigenvalue weighted by Gasteiger charge is -2.62. The largest absolute Gasteiger partial charge is 0.394 e. The van der Waals surface area contributed by atoms with Crippen molar-refractivity contribution in [1.29, 1.82) is 0 Å². The number of hydrogen-bond acceptors (Lipinski definition) is 5. The molecular weight excluding hydrogens is 585 g/mol. The van der Waals surface area contributed by atoms with Crippen LogP contribution in [-0.4, -0.2) is 77.0 Å². The molecule has 2 aliphatic heterocycles. The topological polar surface area (TPSA) is 97.3 Å². The Bertz CT molecular complexity index is 1460. The van der Waals surface area contributed by atoms with Gasteiger partial charge in [-0.3, -0.25) is 14.5 Å². The van der Waals surface area contributed by atoms with E-state index in [0.717, 1.165) is 36.9 Å². The smallest absolute Gasteiger partial charge is 0.261 e. The molecule has 2 amide bonds. The summed E-state index contributed by atoms with van der Waals surface area (Å²) >= 11 is 12.4. The third kappa shape index (κ3) is 5.56. The molecule has 3 saturated carbocycles. The minimum Gasteiger partial charge on any atom is -0.394 e. The van der Waals surface area contributed by atoms with Gasteiger partial charge in [0.25, 0.3) is 11.8 Å². The number of nitrogens with zero attached hydrogens (tertiary/aromatic N) is 3. The van der Waals surface area contributed by atoms with Crippen LogP contribution >= 0.6 is 23.2 Å². The zero-order valence-corrected chi connectivity index (χ0v) is 26.8. The molecule has 0 spiro atoms. The Kier molecular flexibility index (Phi) is 8.26. The van der Waals surface area contributed by atoms with Crippen molar-refractivity contribution >= 4 is 46.7 Å². The van der Waals surface area contributed by atoms with E-state index < -0.39 is 17.9 Å². The van der Waals surface area contributed by atoms with Gasteiger partial charge in [0, 0.05) is 41.8 Å². The van der Waals surface area contributed by atoms with Gasteiger partial charge in [-0.1, -0.05) is 50.0 Å². The van der Waals surface area contributed by atoms with Gasteiger partial charge in [-0.15, -0.1) is 0 Å². The number of imide groups is 1. The Labute approximate surface area is 263 Å². The Hall–Kier alpha value is -2.65. The number of hydrogen-bond donors (Lipinski definition) is 3. The maximum Gasteiger partial charge on any atom is 0.261 e. The number of piperazine rings is 1. The number of nitrogens with one attached hydrogen (secondary N) is 2. The maximum absolute atomic E-state index is 13.6. The van der Waals surface area contributed by atoms with Crippen LogP contribution in [-0.2, 0) is 6.42 Å². The minimum atomic E-state index is -0.763. The molecular formula is C33H41Cl2N5O3. The average molecular weight is 627 g/mol. The summed E-state index contributed by atoms with van der Waals surface area (Å²) in [5.74, 6) is 1.91. The summed E-state index contributed by atoms with van der Waals surface area (Å²) in [4.78, 5) is 35.6. The van der Waals surface area contributed by atoms with Crippen LogP contribution in [0.3, 0.4) is 0 Å². The number of aliphatic imine (C=N–C) groups is 1. The lowest BCUT2D eigenvalue weighted by atomic mass is 9.45. The second-order valence-corrected chi connectivity index (χ2v) is 14.3. The van der Waals surface area contributed by atoms with Gasteiger partial charge in [-0.2, -0.15) is 0 Å². The first kappa shape index (κ1) is 30.4. The van der Waals surface area contributed by atoms with E-state index in [-0.39, 0.29) is 13.0 Å². The molecule has 2 heterocycles. The number of carbonyl (C=O) groups is 2. The predicted octanol–water partition coefficient (Wildman–Crippen LogP) is 5.13. The van der Waals surface area contributed by atoms with E-state index in [2.05, 4.69) is 43.2 Å². The third-order valence-electron chi connectivity index (χ3n) is 10.5. The number of halogens is 2. The second kappa shape index (κ2) is 11.7. The van der Waals surface area contributed by atoms with E-state index in [9.17, 15) is 14.7 Å². The quantitative estimate of drug-likeness (QED) is 0.234. The van der Waals surface area contributed by atoms with Gasteiger partial charge in [0.15, 0.2) is 5.96 Å². The van der Waals surface area contributed by atoms with E-state index in [1.165, 1.54) is 6.42 Å². The highest BCUT2D eigenvalue weighted by atomic mass is 35.5. The summed E-state index contributed by atoms with van der Waals surface area (Å²) in [6.07, 6.45) is 2.65. The van der Waals surface area contributed by atoms with Crippen molar-refractivity contribution in [2.45, 2.75) is 65.1 Å². The van der Waals surface area contributed by atoms with E-state index >= 15 is 0 Å². The number of rotatable bonds is 6. The number of fused-ring (bicyclic) bond motifs is 3. The van der Waals surface area contributed by atoms with Gasteiger partial charge in [-0.05, 0) is 85.3 Å². The number of benzene rings is 2. The van der Waals surface area contributed by atoms with Gasteiger partial charge in [0.05, 0.1) is 29.5 Å². The SMILES string of the molecule is C[C@H]1[C@@H](NC(=Nc2ccc3c(c2)C(=O)N([C@H](CO)Cc2ccc(Cl)cc2Cl)C3=O)N2CCN[C@@H](C)C2)C[C@@H]2C[C@@H]1C2(C)C. The van der Waals surface area contributed by atoms with Gasteiger partial charge < -0.3 is 20.6 Å². The van der Waals surface area contributed by atoms with E-state index in [0.29, 0.717) is 67.7 Å². The molecule has 6 atom stereocenters. The van der Waals surface area contributed by atoms with Crippen molar-refractivity contribution in [3.05, 3.63) is 63.1 Å². The van der Waals surface area contributed by atoms with E-state index in [1.807, 2.05) is 0 Å². The standard InChI is InChI=1S/C33H41Cl2N5O3/c1-18-16-39(10-9-36-18)32(38-29-13-21-12-27(19(29)2)33(21,3)4)37-23-7-8-25-26(15-23)31(43)40(30(25)42)24(17-41)11-20-5-6-22(34)14-28(20)35/h5-8,14-15,18-19,21,24,27,29,36,41H,9-13,16-17H2,1-4H3,(H,37,38)/t18-,19+,21-,24-,27-,29-/m0/s1. The van der Waals surface area contributed by atoms with Crippen molar-refractivity contribution in [2.24, 2.45) is 28.2 Å². The first-order valence-corrected chi connectivity index (χ1v) is 16.1. The molecule has 2 bridgehead atoms. The zero-order valence-electron chi connectivity index (χ0n) is 25.2. The van der Waals surface area contributed by atoms with Gasteiger partial charge in [0.1, 0.15) is 0 Å². The molecule has 230 valence electrons. The molecule has 4 fully saturated rings. The summed E-state index contributed by atoms with van der Waals surface area (Å²) in [6.45, 7) is 11.5. The normalized spacial score (nSPS) is 28.9. The molecule has 10 heteroatoms. The Morgan fingerprint density at radius 1 is 1.12 bits per heavy atom. The van der Waals surface area contributed by atoms with Crippen LogP contribution in [0.25, 0.3) is 0 Å². The number of guanidine groups is 1. The zero-order chi connectivity index (χ0) is 30.6. The lowest BCUT2D eigenvalue weighted by molar-refractivity contribution is -0.112. The molecule has 5 aliphatic rings. The van der Waals surface area contributed by atoms with Gasteiger partial charge in [-0.25, -0.2) is 4.99 Å². The highest BCUT2D eigenvalue weighted by Crippen LogP contribution is 2.61. The van der Waals surface area contributed by atoms with Crippen molar-refractivity contribution in [2.75, 3.05) is 26.2 Å². The van der Waals surface area contributed by atoms with E-state index in [1.54, 1.807) is 36.4 Å². The van der Waals surface area contributed by atoms with Crippen molar-refractivity contribution in [3.63, 3.8) is 0 Å². The third-order valence-corrected chi connectivity index (χ3v) is 11.1. The highest BCUT2D eigenvalue weighted by molar-refractivity contribution is 6.35. The van der Waals surface area contributed by atoms with Gasteiger partial charge in [0.2, 0.25) is 0 Å². The van der Waals surface area contributed by atoms with Crippen LogP contribution in [0.15, 0.2) is 41.4 Å². The molecule has 2 aromatic rings. The number of amides is 2. The first-order chi connectivity index (χ1) is 20.5. The summed E-state index contributed by atoms with van der Waals surface area (Å²) in [6, 6.07) is 10.1. The van der Waals surface area contributed by atoms with E-state index in [4.69, 9.17) is 28.2 Å². The van der Waals surface area contributed by atoms with Crippen LogP contribution in [0.2, 0.25) is 10.0 Å². The summed E-state index contributed by atoms with van der Waals surface area (Å²) in [5, 5.41) is 18.5. The molecule has 1 saturated heterocycles. The fourth-order valence-electron chi connectivity index (χ4n) is 7.77. The maximum atomic E-state index is 13.6. The Morgan fingerprint density at radius 2 is 1.88 bits per heavy atom. The Balaban J connectivity index is 1.26. The van der Waals surface area contributed by atoms with Gasteiger partial charge >= 0.3 is 0 Å². The fraction of sp³-hybridized carbons (Fsp3) is 0.545. The van der Waals surface area contributed by atoms with Crippen molar-refractivity contribution in [3.8, 4) is 0 Å². The van der Waals surface area contributed by atoms with Crippen molar-refractivity contribution < 1.29 is 14.7 Å². The van der Waals surface area contributed by atoms with Crippen LogP contribution in [0.4, 0.5) is 5.69 Å². The van der Waals surface area contributed by atoms with Crippen LogP contribution in [0.1, 0.15) is 66.8 Å². The van der Waals surface area contributed by atoms with Crippen LogP contribution < -0.4 is 10.6 Å². The summed E-state index contributed by atoms with van der Waals surface area (Å²) in [7, 11) is 0. The predicted molar refractivity (Wildman–Crippen MR) is 170 cm³/mol. The van der Waals surface area contributed by atoms with Crippen LogP contribution in [0, 0.1) is 23.2 Å². The van der Waals surface area contributed by atoms with Crippen LogP contribution in [0.5, 0.6) is 0 Å². The number of aliphatic hydroxyl groups excluding tert-OH is 1.